The molecule has 102 valence electrons. The molecule has 2 rings (SSSR count). The van der Waals surface area contributed by atoms with Gasteiger partial charge in [0.2, 0.25) is 0 Å². The van der Waals surface area contributed by atoms with E-state index in [0.29, 0.717) is 6.04 Å². The number of furan rings is 1. The first-order valence-electron chi connectivity index (χ1n) is 6.78. The van der Waals surface area contributed by atoms with E-state index in [2.05, 4.69) is 52.4 Å². The van der Waals surface area contributed by atoms with Crippen LogP contribution in [-0.2, 0) is 12.8 Å². The molecule has 0 aliphatic carbocycles. The quantitative estimate of drug-likeness (QED) is 0.827. The summed E-state index contributed by atoms with van der Waals surface area (Å²) in [5.74, 6) is 1.04. The van der Waals surface area contributed by atoms with Crippen LogP contribution in [-0.4, -0.2) is 12.6 Å². The van der Waals surface area contributed by atoms with Crippen LogP contribution in [0.25, 0.3) is 0 Å². The number of benzene rings is 1. The van der Waals surface area contributed by atoms with Crippen LogP contribution < -0.4 is 5.32 Å². The Bertz CT molecular complexity index is 481. The molecule has 1 aromatic heterocycles. The van der Waals surface area contributed by atoms with Gasteiger partial charge in [-0.05, 0) is 43.1 Å². The zero-order valence-corrected chi connectivity index (χ0v) is 12.8. The fourth-order valence-corrected chi connectivity index (χ4v) is 2.61. The molecule has 1 N–H and O–H groups in total. The lowest BCUT2D eigenvalue weighted by molar-refractivity contribution is 0.438. The van der Waals surface area contributed by atoms with Crippen LogP contribution in [0.4, 0.5) is 0 Å². The summed E-state index contributed by atoms with van der Waals surface area (Å²) in [7, 11) is 0. The van der Waals surface area contributed by atoms with Crippen molar-refractivity contribution in [1.29, 1.82) is 0 Å². The average Bonchev–Trinajstić information content (AvgIpc) is 2.91. The molecule has 1 atom stereocenters. The molecule has 0 amide bonds. The zero-order chi connectivity index (χ0) is 13.5. The van der Waals surface area contributed by atoms with Crippen LogP contribution in [0.5, 0.6) is 0 Å². The van der Waals surface area contributed by atoms with Gasteiger partial charge in [0.05, 0.1) is 6.26 Å². The lowest BCUT2D eigenvalue weighted by atomic mass is 10.0. The molecule has 0 bridgehead atoms. The second kappa shape index (κ2) is 7.51. The van der Waals surface area contributed by atoms with Crippen LogP contribution in [0.1, 0.15) is 24.7 Å². The molecule has 0 aliphatic heterocycles. The van der Waals surface area contributed by atoms with Gasteiger partial charge in [-0.25, -0.2) is 0 Å². The van der Waals surface area contributed by atoms with E-state index in [1.165, 1.54) is 10.0 Å². The summed E-state index contributed by atoms with van der Waals surface area (Å²) >= 11 is 3.62. The molecule has 3 heteroatoms. The van der Waals surface area contributed by atoms with E-state index in [1.54, 1.807) is 6.26 Å². The minimum absolute atomic E-state index is 0.407. The molecule has 1 unspecified atom stereocenters. The van der Waals surface area contributed by atoms with Gasteiger partial charge in [-0.3, -0.25) is 0 Å². The maximum absolute atomic E-state index is 5.46. The molecule has 0 radical (unpaired) electrons. The summed E-state index contributed by atoms with van der Waals surface area (Å²) in [6.45, 7) is 3.23. The van der Waals surface area contributed by atoms with Crippen LogP contribution >= 0.6 is 15.9 Å². The SMILES string of the molecule is CCCNC(Cc1ccco1)Cc1ccccc1Br. The first kappa shape index (κ1) is 14.4. The molecule has 2 aromatic rings. The average molecular weight is 322 g/mol. The first-order valence-corrected chi connectivity index (χ1v) is 7.58. The van der Waals surface area contributed by atoms with Gasteiger partial charge in [0.1, 0.15) is 5.76 Å². The molecule has 2 nitrogen and oxygen atoms in total. The van der Waals surface area contributed by atoms with Crippen molar-refractivity contribution in [2.75, 3.05) is 6.54 Å². The van der Waals surface area contributed by atoms with Crippen LogP contribution in [0.15, 0.2) is 51.6 Å². The van der Waals surface area contributed by atoms with Crippen molar-refractivity contribution in [3.05, 3.63) is 58.5 Å². The molecular formula is C16H20BrNO. The summed E-state index contributed by atoms with van der Waals surface area (Å²) in [5, 5.41) is 3.60. The van der Waals surface area contributed by atoms with E-state index in [4.69, 9.17) is 4.42 Å². The molecule has 1 heterocycles. The minimum atomic E-state index is 0.407. The van der Waals surface area contributed by atoms with Gasteiger partial charge in [-0.2, -0.15) is 0 Å². The third-order valence-corrected chi connectivity index (χ3v) is 3.91. The molecule has 0 fully saturated rings. The smallest absolute Gasteiger partial charge is 0.105 e. The predicted octanol–water partition coefficient (Wildman–Crippen LogP) is 4.20. The van der Waals surface area contributed by atoms with Gasteiger partial charge in [0, 0.05) is 16.9 Å². The van der Waals surface area contributed by atoms with Crippen molar-refractivity contribution in [2.45, 2.75) is 32.2 Å². The van der Waals surface area contributed by atoms with Gasteiger partial charge in [0.25, 0.3) is 0 Å². The van der Waals surface area contributed by atoms with Crippen molar-refractivity contribution in [3.8, 4) is 0 Å². The van der Waals surface area contributed by atoms with Crippen LogP contribution in [0, 0.1) is 0 Å². The van der Waals surface area contributed by atoms with E-state index in [-0.39, 0.29) is 0 Å². The Hall–Kier alpha value is -1.06. The van der Waals surface area contributed by atoms with Crippen LogP contribution in [0.3, 0.4) is 0 Å². The van der Waals surface area contributed by atoms with Crippen molar-refractivity contribution in [3.63, 3.8) is 0 Å². The summed E-state index contributed by atoms with van der Waals surface area (Å²) in [6, 6.07) is 12.8. The third-order valence-electron chi connectivity index (χ3n) is 3.13. The van der Waals surface area contributed by atoms with Gasteiger partial charge in [-0.1, -0.05) is 41.1 Å². The topological polar surface area (TPSA) is 25.2 Å². The number of hydrogen-bond donors (Lipinski definition) is 1. The van der Waals surface area contributed by atoms with Gasteiger partial charge < -0.3 is 9.73 Å². The highest BCUT2D eigenvalue weighted by Crippen LogP contribution is 2.19. The maximum atomic E-state index is 5.46. The van der Waals surface area contributed by atoms with Gasteiger partial charge >= 0.3 is 0 Å². The fraction of sp³-hybridized carbons (Fsp3) is 0.375. The minimum Gasteiger partial charge on any atom is -0.469 e. The highest BCUT2D eigenvalue weighted by atomic mass is 79.9. The molecule has 0 spiro atoms. The standard InChI is InChI=1S/C16H20BrNO/c1-2-9-18-14(12-15-7-5-10-19-15)11-13-6-3-4-8-16(13)17/h3-8,10,14,18H,2,9,11-12H2,1H3. The Labute approximate surface area is 123 Å². The summed E-state index contributed by atoms with van der Waals surface area (Å²) in [6.07, 6.45) is 4.81. The van der Waals surface area contributed by atoms with E-state index >= 15 is 0 Å². The Morgan fingerprint density at radius 2 is 2.00 bits per heavy atom. The number of hydrogen-bond acceptors (Lipinski definition) is 2. The van der Waals surface area contributed by atoms with Crippen molar-refractivity contribution in [1.82, 2.24) is 5.32 Å². The molecule has 0 aliphatic rings. The molecule has 0 saturated carbocycles. The van der Waals surface area contributed by atoms with Crippen LogP contribution in [0.2, 0.25) is 0 Å². The highest BCUT2D eigenvalue weighted by Gasteiger charge is 2.12. The first-order chi connectivity index (χ1) is 9.29. The third kappa shape index (κ3) is 4.51. The van der Waals surface area contributed by atoms with E-state index < -0.39 is 0 Å². The summed E-state index contributed by atoms with van der Waals surface area (Å²) in [4.78, 5) is 0. The van der Waals surface area contributed by atoms with Gasteiger partial charge in [0.15, 0.2) is 0 Å². The summed E-state index contributed by atoms with van der Waals surface area (Å²) < 4.78 is 6.64. The predicted molar refractivity (Wildman–Crippen MR) is 82.3 cm³/mol. The second-order valence-corrected chi connectivity index (χ2v) is 5.58. The number of rotatable bonds is 7. The monoisotopic (exact) mass is 321 g/mol. The molecule has 1 aromatic carbocycles. The zero-order valence-electron chi connectivity index (χ0n) is 11.2. The maximum Gasteiger partial charge on any atom is 0.105 e. The Morgan fingerprint density at radius 3 is 2.68 bits per heavy atom. The van der Waals surface area contributed by atoms with E-state index in [1.807, 2.05) is 12.1 Å². The Morgan fingerprint density at radius 1 is 1.16 bits per heavy atom. The molecule has 0 saturated heterocycles. The van der Waals surface area contributed by atoms with E-state index in [9.17, 15) is 0 Å². The lowest BCUT2D eigenvalue weighted by Crippen LogP contribution is -2.33. The highest BCUT2D eigenvalue weighted by molar-refractivity contribution is 9.10. The number of halogens is 1. The number of nitrogens with one attached hydrogen (secondary N) is 1. The normalized spacial score (nSPS) is 12.5. The fourth-order valence-electron chi connectivity index (χ4n) is 2.17. The van der Waals surface area contributed by atoms with Crippen molar-refractivity contribution < 1.29 is 4.42 Å². The lowest BCUT2D eigenvalue weighted by Gasteiger charge is -2.18. The van der Waals surface area contributed by atoms with E-state index in [0.717, 1.165) is 31.6 Å². The largest absolute Gasteiger partial charge is 0.469 e. The van der Waals surface area contributed by atoms with Crippen molar-refractivity contribution >= 4 is 15.9 Å². The molecular weight excluding hydrogens is 302 g/mol. The second-order valence-electron chi connectivity index (χ2n) is 4.73. The summed E-state index contributed by atoms with van der Waals surface area (Å²) in [5.41, 5.74) is 1.34. The Kier molecular flexibility index (Phi) is 5.67. The van der Waals surface area contributed by atoms with Crippen molar-refractivity contribution in [2.24, 2.45) is 0 Å². The van der Waals surface area contributed by atoms with Gasteiger partial charge in [-0.15, -0.1) is 0 Å². The Balaban J connectivity index is 2.03. The molecule has 19 heavy (non-hydrogen) atoms.